The number of nitrogens with zero attached hydrogens (tertiary/aromatic N) is 2. The van der Waals surface area contributed by atoms with Crippen LogP contribution in [0.3, 0.4) is 0 Å². The van der Waals surface area contributed by atoms with Gasteiger partial charge in [-0.25, -0.2) is 0 Å². The molecule has 0 amide bonds. The van der Waals surface area contributed by atoms with Gasteiger partial charge in [0.25, 0.3) is 0 Å². The second-order valence-corrected chi connectivity index (χ2v) is 7.19. The Hall–Kier alpha value is -2.15. The lowest BCUT2D eigenvalue weighted by Crippen LogP contribution is -2.42. The quantitative estimate of drug-likeness (QED) is 0.604. The van der Waals surface area contributed by atoms with E-state index < -0.39 is 0 Å². The highest BCUT2D eigenvalue weighted by atomic mass is 16.5. The highest BCUT2D eigenvalue weighted by Gasteiger charge is 2.42. The largest absolute Gasteiger partial charge is 0.493 e. The lowest BCUT2D eigenvalue weighted by Gasteiger charge is -2.25. The highest BCUT2D eigenvalue weighted by molar-refractivity contribution is 5.80. The number of hydrogen-bond donors (Lipinski definition) is 1. The molecule has 1 unspecified atom stereocenters. The monoisotopic (exact) mass is 377 g/mol. The van der Waals surface area contributed by atoms with Crippen LogP contribution < -0.4 is 19.5 Å². The average Bonchev–Trinajstić information content (AvgIpc) is 3.34. The molecular weight excluding hydrogens is 346 g/mol. The number of nitrogens with one attached hydrogen (secondary N) is 1. The summed E-state index contributed by atoms with van der Waals surface area (Å²) in [6, 6.07) is 3.93. The Bertz CT molecular complexity index is 671. The molecule has 2 aliphatic heterocycles. The fourth-order valence-corrected chi connectivity index (χ4v) is 4.09. The fourth-order valence-electron chi connectivity index (χ4n) is 4.09. The summed E-state index contributed by atoms with van der Waals surface area (Å²) in [4.78, 5) is 6.82. The van der Waals surface area contributed by atoms with Crippen LogP contribution in [0.1, 0.15) is 18.4 Å². The summed E-state index contributed by atoms with van der Waals surface area (Å²) in [6.45, 7) is 4.58. The third kappa shape index (κ3) is 4.08. The molecule has 2 heterocycles. The Morgan fingerprint density at radius 2 is 2.00 bits per heavy atom. The molecule has 2 aliphatic rings. The molecule has 1 spiro atoms. The first-order chi connectivity index (χ1) is 13.2. The molecule has 7 nitrogen and oxygen atoms in total. The second-order valence-electron chi connectivity index (χ2n) is 7.19. The molecule has 0 aliphatic carbocycles. The van der Waals surface area contributed by atoms with Gasteiger partial charge in [0.15, 0.2) is 17.5 Å². The Kier molecular flexibility index (Phi) is 6.31. The summed E-state index contributed by atoms with van der Waals surface area (Å²) in [6.07, 6.45) is 3.13. The van der Waals surface area contributed by atoms with Gasteiger partial charge in [-0.3, -0.25) is 4.99 Å². The number of hydrogen-bond acceptors (Lipinski definition) is 5. The minimum absolute atomic E-state index is 0.324. The van der Waals surface area contributed by atoms with Crippen LogP contribution in [0.5, 0.6) is 17.2 Å². The van der Waals surface area contributed by atoms with Crippen LogP contribution >= 0.6 is 0 Å². The topological polar surface area (TPSA) is 64.6 Å². The van der Waals surface area contributed by atoms with E-state index in [1.165, 1.54) is 6.42 Å². The van der Waals surface area contributed by atoms with E-state index in [0.717, 1.165) is 63.0 Å². The molecule has 27 heavy (non-hydrogen) atoms. The maximum Gasteiger partial charge on any atom is 0.203 e. The number of aliphatic imine (C=N–C) groups is 1. The first-order valence-electron chi connectivity index (χ1n) is 9.47. The van der Waals surface area contributed by atoms with Crippen LogP contribution in [0.2, 0.25) is 0 Å². The number of rotatable bonds is 6. The first-order valence-corrected chi connectivity index (χ1v) is 9.47. The molecule has 2 fully saturated rings. The molecule has 0 radical (unpaired) electrons. The lowest BCUT2D eigenvalue weighted by molar-refractivity contribution is 0.156. The highest BCUT2D eigenvalue weighted by Crippen LogP contribution is 2.40. The van der Waals surface area contributed by atoms with Crippen molar-refractivity contribution in [3.05, 3.63) is 17.7 Å². The fraction of sp³-hybridized carbons (Fsp3) is 0.650. The lowest BCUT2D eigenvalue weighted by atomic mass is 9.87. The Morgan fingerprint density at radius 3 is 2.63 bits per heavy atom. The van der Waals surface area contributed by atoms with E-state index in [1.54, 1.807) is 21.3 Å². The summed E-state index contributed by atoms with van der Waals surface area (Å²) in [5.41, 5.74) is 1.39. The van der Waals surface area contributed by atoms with Crippen LogP contribution in [0, 0.1) is 5.41 Å². The molecule has 0 saturated carbocycles. The van der Waals surface area contributed by atoms with Gasteiger partial charge in [0.2, 0.25) is 5.75 Å². The van der Waals surface area contributed by atoms with Gasteiger partial charge in [-0.1, -0.05) is 6.07 Å². The van der Waals surface area contributed by atoms with Crippen molar-refractivity contribution in [2.24, 2.45) is 10.4 Å². The van der Waals surface area contributed by atoms with E-state index in [4.69, 9.17) is 18.9 Å². The van der Waals surface area contributed by atoms with Crippen molar-refractivity contribution < 1.29 is 18.9 Å². The van der Waals surface area contributed by atoms with E-state index in [2.05, 4.69) is 15.2 Å². The maximum absolute atomic E-state index is 5.63. The van der Waals surface area contributed by atoms with Gasteiger partial charge in [0, 0.05) is 44.3 Å². The van der Waals surface area contributed by atoms with E-state index >= 15 is 0 Å². The summed E-state index contributed by atoms with van der Waals surface area (Å²) in [5, 5.41) is 3.49. The van der Waals surface area contributed by atoms with Crippen molar-refractivity contribution in [3.63, 3.8) is 0 Å². The standard InChI is InChI=1S/C20H31N3O4/c1-21-19(23-11-8-20(13-23)9-12-27-14-20)22-10-7-15-5-6-16(24-2)18(26-4)17(15)25-3/h5-6H,7-14H2,1-4H3,(H,21,22). The minimum Gasteiger partial charge on any atom is -0.493 e. The number of likely N-dealkylation sites (tertiary alicyclic amines) is 1. The normalized spacial score (nSPS) is 22.4. The third-order valence-corrected chi connectivity index (χ3v) is 5.60. The van der Waals surface area contributed by atoms with E-state index in [-0.39, 0.29) is 0 Å². The van der Waals surface area contributed by atoms with Crippen molar-refractivity contribution in [1.29, 1.82) is 0 Å². The van der Waals surface area contributed by atoms with Crippen LogP contribution in [0.4, 0.5) is 0 Å². The van der Waals surface area contributed by atoms with Gasteiger partial charge >= 0.3 is 0 Å². The molecule has 1 N–H and O–H groups in total. The van der Waals surface area contributed by atoms with Crippen molar-refractivity contribution >= 4 is 5.96 Å². The molecule has 0 bridgehead atoms. The Balaban J connectivity index is 1.60. The molecule has 150 valence electrons. The number of ether oxygens (including phenoxy) is 4. The van der Waals surface area contributed by atoms with Crippen LogP contribution in [0.25, 0.3) is 0 Å². The summed E-state index contributed by atoms with van der Waals surface area (Å²) in [5.74, 6) is 2.97. The zero-order chi connectivity index (χ0) is 19.3. The van der Waals surface area contributed by atoms with Gasteiger partial charge in [0.05, 0.1) is 27.9 Å². The van der Waals surface area contributed by atoms with E-state index in [9.17, 15) is 0 Å². The van der Waals surface area contributed by atoms with Gasteiger partial charge in [-0.15, -0.1) is 0 Å². The third-order valence-electron chi connectivity index (χ3n) is 5.60. The molecule has 3 rings (SSSR count). The smallest absolute Gasteiger partial charge is 0.203 e. The van der Waals surface area contributed by atoms with Gasteiger partial charge < -0.3 is 29.2 Å². The average molecular weight is 377 g/mol. The van der Waals surface area contributed by atoms with E-state index in [1.807, 2.05) is 19.2 Å². The SMILES string of the molecule is CN=C(NCCc1ccc(OC)c(OC)c1OC)N1CCC2(CCOC2)C1. The van der Waals surface area contributed by atoms with Gasteiger partial charge in [0.1, 0.15) is 0 Å². The Morgan fingerprint density at radius 1 is 1.19 bits per heavy atom. The van der Waals surface area contributed by atoms with Gasteiger partial charge in [-0.2, -0.15) is 0 Å². The first kappa shape index (κ1) is 19.6. The van der Waals surface area contributed by atoms with Crippen molar-refractivity contribution in [1.82, 2.24) is 10.2 Å². The summed E-state index contributed by atoms with van der Waals surface area (Å²) >= 11 is 0. The molecule has 7 heteroatoms. The number of guanidine groups is 1. The molecule has 1 aromatic rings. The zero-order valence-corrected chi connectivity index (χ0v) is 16.8. The molecule has 0 aromatic heterocycles. The zero-order valence-electron chi connectivity index (χ0n) is 16.8. The minimum atomic E-state index is 0.324. The molecular formula is C20H31N3O4. The summed E-state index contributed by atoms with van der Waals surface area (Å²) < 4.78 is 22.0. The number of benzene rings is 1. The molecule has 2 saturated heterocycles. The summed E-state index contributed by atoms with van der Waals surface area (Å²) in [7, 11) is 6.75. The number of methoxy groups -OCH3 is 3. The second kappa shape index (κ2) is 8.69. The van der Waals surface area contributed by atoms with Crippen molar-refractivity contribution in [2.75, 3.05) is 61.2 Å². The molecule has 1 atom stereocenters. The molecule has 1 aromatic carbocycles. The maximum atomic E-state index is 5.63. The van der Waals surface area contributed by atoms with Gasteiger partial charge in [-0.05, 0) is 25.3 Å². The van der Waals surface area contributed by atoms with Crippen LogP contribution in [-0.2, 0) is 11.2 Å². The van der Waals surface area contributed by atoms with Crippen molar-refractivity contribution in [2.45, 2.75) is 19.3 Å². The predicted octanol–water partition coefficient (Wildman–Crippen LogP) is 1.94. The van der Waals surface area contributed by atoms with E-state index in [0.29, 0.717) is 16.9 Å². The predicted molar refractivity (Wildman–Crippen MR) is 105 cm³/mol. The van der Waals surface area contributed by atoms with Crippen LogP contribution in [0.15, 0.2) is 17.1 Å². The van der Waals surface area contributed by atoms with Crippen molar-refractivity contribution in [3.8, 4) is 17.2 Å². The van der Waals surface area contributed by atoms with Crippen LogP contribution in [-0.4, -0.2) is 72.1 Å². The Labute approximate surface area is 161 Å².